The minimum absolute atomic E-state index is 0.0372. The summed E-state index contributed by atoms with van der Waals surface area (Å²) in [5, 5.41) is 11.5. The van der Waals surface area contributed by atoms with E-state index in [1.54, 1.807) is 13.0 Å². The molecule has 1 heterocycles. The monoisotopic (exact) mass is 226 g/mol. The largest absolute Gasteiger partial charge is 0.478 e. The molecule has 1 rings (SSSR count). The number of piperazine rings is 1. The van der Waals surface area contributed by atoms with Crippen molar-refractivity contribution in [2.45, 2.75) is 26.3 Å². The summed E-state index contributed by atoms with van der Waals surface area (Å²) in [6.45, 7) is 5.44. The van der Waals surface area contributed by atoms with Crippen LogP contribution >= 0.6 is 0 Å². The van der Waals surface area contributed by atoms with E-state index in [4.69, 9.17) is 5.11 Å². The van der Waals surface area contributed by atoms with Crippen molar-refractivity contribution in [2.24, 2.45) is 0 Å². The molecule has 0 aromatic carbocycles. The van der Waals surface area contributed by atoms with Gasteiger partial charge in [-0.3, -0.25) is 9.69 Å². The van der Waals surface area contributed by atoms with Gasteiger partial charge in [-0.1, -0.05) is 13.0 Å². The highest BCUT2D eigenvalue weighted by atomic mass is 16.4. The van der Waals surface area contributed by atoms with Crippen LogP contribution in [0.3, 0.4) is 0 Å². The normalized spacial score (nSPS) is 23.0. The highest BCUT2D eigenvalue weighted by Gasteiger charge is 2.26. The van der Waals surface area contributed by atoms with Crippen molar-refractivity contribution < 1.29 is 14.7 Å². The van der Waals surface area contributed by atoms with Crippen molar-refractivity contribution in [3.63, 3.8) is 0 Å². The lowest BCUT2D eigenvalue weighted by Crippen LogP contribution is -2.54. The summed E-state index contributed by atoms with van der Waals surface area (Å²) in [5.74, 6) is -0.871. The van der Waals surface area contributed by atoms with Gasteiger partial charge in [-0.2, -0.15) is 0 Å². The molecule has 1 atom stereocenters. The van der Waals surface area contributed by atoms with Gasteiger partial charge in [-0.15, -0.1) is 0 Å². The first-order chi connectivity index (χ1) is 7.56. The van der Waals surface area contributed by atoms with Crippen molar-refractivity contribution in [2.75, 3.05) is 19.6 Å². The minimum atomic E-state index is -0.908. The van der Waals surface area contributed by atoms with Crippen molar-refractivity contribution in [1.82, 2.24) is 10.2 Å². The number of carboxylic acids is 1. The predicted molar refractivity (Wildman–Crippen MR) is 60.1 cm³/mol. The van der Waals surface area contributed by atoms with Gasteiger partial charge in [-0.05, 0) is 13.3 Å². The van der Waals surface area contributed by atoms with Crippen molar-refractivity contribution in [1.29, 1.82) is 0 Å². The SMILES string of the molecule is CCC1C(=O)NCCN1CC=C(C)C(=O)O. The van der Waals surface area contributed by atoms with Crippen molar-refractivity contribution in [3.8, 4) is 0 Å². The molecule has 0 radical (unpaired) electrons. The van der Waals surface area contributed by atoms with Crippen LogP contribution in [0.4, 0.5) is 0 Å². The molecule has 5 heteroatoms. The maximum atomic E-state index is 11.5. The van der Waals surface area contributed by atoms with Crippen molar-refractivity contribution >= 4 is 11.9 Å². The number of nitrogens with one attached hydrogen (secondary N) is 1. The van der Waals surface area contributed by atoms with E-state index in [9.17, 15) is 9.59 Å². The smallest absolute Gasteiger partial charge is 0.330 e. The van der Waals surface area contributed by atoms with E-state index in [1.165, 1.54) is 0 Å². The molecule has 1 fully saturated rings. The van der Waals surface area contributed by atoms with Crippen LogP contribution in [0.25, 0.3) is 0 Å². The van der Waals surface area contributed by atoms with Crippen LogP contribution in [0.1, 0.15) is 20.3 Å². The lowest BCUT2D eigenvalue weighted by Gasteiger charge is -2.33. The average Bonchev–Trinajstić information content (AvgIpc) is 2.25. The van der Waals surface area contributed by atoms with Gasteiger partial charge in [0.05, 0.1) is 6.04 Å². The third-order valence-electron chi connectivity index (χ3n) is 2.80. The van der Waals surface area contributed by atoms with Crippen molar-refractivity contribution in [3.05, 3.63) is 11.6 Å². The van der Waals surface area contributed by atoms with Gasteiger partial charge in [-0.25, -0.2) is 4.79 Å². The molecule has 1 saturated heterocycles. The summed E-state index contributed by atoms with van der Waals surface area (Å²) in [6, 6.07) is -0.133. The molecule has 0 bridgehead atoms. The lowest BCUT2D eigenvalue weighted by atomic mass is 10.1. The fourth-order valence-corrected chi connectivity index (χ4v) is 1.77. The number of carbonyl (C=O) groups is 2. The second-order valence-corrected chi connectivity index (χ2v) is 3.90. The van der Waals surface area contributed by atoms with Crippen LogP contribution in [0.2, 0.25) is 0 Å². The third-order valence-corrected chi connectivity index (χ3v) is 2.80. The minimum Gasteiger partial charge on any atom is -0.478 e. The summed E-state index contributed by atoms with van der Waals surface area (Å²) >= 11 is 0. The molecule has 1 aliphatic heterocycles. The standard InChI is InChI=1S/C11H18N2O3/c1-3-9-10(14)12-5-7-13(9)6-4-8(2)11(15)16/h4,9H,3,5-7H2,1-2H3,(H,12,14)(H,15,16). The highest BCUT2D eigenvalue weighted by molar-refractivity contribution is 5.86. The number of carbonyl (C=O) groups excluding carboxylic acids is 1. The molecule has 0 aromatic rings. The number of aliphatic carboxylic acids is 1. The number of rotatable bonds is 4. The van der Waals surface area contributed by atoms with Crippen LogP contribution in [0.15, 0.2) is 11.6 Å². The molecule has 0 aromatic heterocycles. The van der Waals surface area contributed by atoms with E-state index in [1.807, 2.05) is 11.8 Å². The number of nitrogens with zero attached hydrogens (tertiary/aromatic N) is 1. The number of amides is 1. The molecule has 0 spiro atoms. The zero-order chi connectivity index (χ0) is 12.1. The molecule has 90 valence electrons. The first kappa shape index (κ1) is 12.7. The van der Waals surface area contributed by atoms with E-state index >= 15 is 0 Å². The highest BCUT2D eigenvalue weighted by Crippen LogP contribution is 2.08. The molecular formula is C11H18N2O3. The molecule has 1 aliphatic rings. The molecule has 2 N–H and O–H groups in total. The van der Waals surface area contributed by atoms with E-state index in [2.05, 4.69) is 5.32 Å². The summed E-state index contributed by atoms with van der Waals surface area (Å²) in [4.78, 5) is 24.2. The number of hydrogen-bond donors (Lipinski definition) is 2. The summed E-state index contributed by atoms with van der Waals surface area (Å²) in [7, 11) is 0. The first-order valence-electron chi connectivity index (χ1n) is 5.48. The predicted octanol–water partition coefficient (Wildman–Crippen LogP) is 0.228. The van der Waals surface area contributed by atoms with Crippen LogP contribution in [0.5, 0.6) is 0 Å². The Morgan fingerprint density at radius 2 is 2.38 bits per heavy atom. The number of hydrogen-bond acceptors (Lipinski definition) is 3. The molecule has 16 heavy (non-hydrogen) atoms. The zero-order valence-electron chi connectivity index (χ0n) is 9.69. The quantitative estimate of drug-likeness (QED) is 0.673. The van der Waals surface area contributed by atoms with Gasteiger partial charge < -0.3 is 10.4 Å². The van der Waals surface area contributed by atoms with E-state index in [0.29, 0.717) is 18.7 Å². The fourth-order valence-electron chi connectivity index (χ4n) is 1.77. The molecule has 0 saturated carbocycles. The topological polar surface area (TPSA) is 69.6 Å². The molecule has 5 nitrogen and oxygen atoms in total. The van der Waals surface area contributed by atoms with Gasteiger partial charge in [0, 0.05) is 25.2 Å². The first-order valence-corrected chi connectivity index (χ1v) is 5.48. The zero-order valence-corrected chi connectivity index (χ0v) is 9.69. The van der Waals surface area contributed by atoms with E-state index in [-0.39, 0.29) is 11.9 Å². The van der Waals surface area contributed by atoms with Crippen LogP contribution in [-0.2, 0) is 9.59 Å². The molecule has 1 unspecified atom stereocenters. The fraction of sp³-hybridized carbons (Fsp3) is 0.636. The molecule has 0 aliphatic carbocycles. The summed E-state index contributed by atoms with van der Waals surface area (Å²) in [5.41, 5.74) is 0.320. The van der Waals surface area contributed by atoms with Gasteiger partial charge in [0.25, 0.3) is 0 Å². The second-order valence-electron chi connectivity index (χ2n) is 3.90. The Morgan fingerprint density at radius 1 is 1.69 bits per heavy atom. The van der Waals surface area contributed by atoms with Gasteiger partial charge >= 0.3 is 5.97 Å². The molecule has 1 amide bonds. The van der Waals surface area contributed by atoms with Crippen LogP contribution in [0, 0.1) is 0 Å². The second kappa shape index (κ2) is 5.65. The number of carboxylic acid groups (broad SMARTS) is 1. The molecular weight excluding hydrogens is 208 g/mol. The van der Waals surface area contributed by atoms with Crippen LogP contribution < -0.4 is 5.32 Å². The van der Waals surface area contributed by atoms with E-state index < -0.39 is 5.97 Å². The van der Waals surface area contributed by atoms with Gasteiger partial charge in [0.2, 0.25) is 5.91 Å². The third kappa shape index (κ3) is 3.06. The Balaban J connectivity index is 2.61. The maximum absolute atomic E-state index is 11.5. The average molecular weight is 226 g/mol. The Bertz CT molecular complexity index is 312. The Morgan fingerprint density at radius 3 is 2.94 bits per heavy atom. The Labute approximate surface area is 95.1 Å². The Hall–Kier alpha value is -1.36. The Kier molecular flexibility index (Phi) is 4.49. The van der Waals surface area contributed by atoms with Gasteiger partial charge in [0.1, 0.15) is 0 Å². The van der Waals surface area contributed by atoms with Crippen LogP contribution in [-0.4, -0.2) is 47.6 Å². The summed E-state index contributed by atoms with van der Waals surface area (Å²) < 4.78 is 0. The lowest BCUT2D eigenvalue weighted by molar-refractivity contribution is -0.132. The van der Waals surface area contributed by atoms with Gasteiger partial charge in [0.15, 0.2) is 0 Å². The van der Waals surface area contributed by atoms with E-state index in [0.717, 1.165) is 13.0 Å². The summed E-state index contributed by atoms with van der Waals surface area (Å²) in [6.07, 6.45) is 2.40. The maximum Gasteiger partial charge on any atom is 0.330 e.